The molecule has 0 aliphatic carbocycles. The predicted octanol–water partition coefficient (Wildman–Crippen LogP) is -4.29. The highest BCUT2D eigenvalue weighted by atomic mass is 127. The van der Waals surface area contributed by atoms with E-state index in [1.807, 2.05) is 0 Å². The molecule has 0 atom stereocenters. The first-order valence-electron chi connectivity index (χ1n) is 2.89. The Morgan fingerprint density at radius 1 is 1.25 bits per heavy atom. The quantitative estimate of drug-likeness (QED) is 0.405. The van der Waals surface area contributed by atoms with Gasteiger partial charge in [0.25, 0.3) is 0 Å². The number of rotatable bonds is 0. The lowest BCUT2D eigenvalue weighted by molar-refractivity contribution is -0.665. The predicted molar refractivity (Wildman–Crippen MR) is 26.9 cm³/mol. The third-order valence-electron chi connectivity index (χ3n) is 1.41. The third-order valence-corrected chi connectivity index (χ3v) is 1.41. The zero-order valence-electron chi connectivity index (χ0n) is 4.81. The van der Waals surface area contributed by atoms with Crippen molar-refractivity contribution in [2.24, 2.45) is 0 Å². The van der Waals surface area contributed by atoms with Gasteiger partial charge in [-0.25, -0.2) is 0 Å². The molecule has 50 valence electrons. The minimum Gasteiger partial charge on any atom is -1.00 e. The first-order valence-corrected chi connectivity index (χ1v) is 2.89. The van der Waals surface area contributed by atoms with Crippen LogP contribution in [0.3, 0.4) is 0 Å². The molecule has 0 aromatic rings. The van der Waals surface area contributed by atoms with Crippen LogP contribution in [0.15, 0.2) is 0 Å². The molecule has 1 fully saturated rings. The lowest BCUT2D eigenvalue weighted by Gasteiger charge is -2.13. The van der Waals surface area contributed by atoms with Gasteiger partial charge in [0.15, 0.2) is 0 Å². The SMILES string of the molecule is OC1CC[NH2+]CC1.[I-]. The van der Waals surface area contributed by atoms with Gasteiger partial charge >= 0.3 is 0 Å². The summed E-state index contributed by atoms with van der Waals surface area (Å²) in [7, 11) is 0. The van der Waals surface area contributed by atoms with E-state index in [0.717, 1.165) is 25.9 Å². The van der Waals surface area contributed by atoms with Crippen molar-refractivity contribution in [1.29, 1.82) is 0 Å². The van der Waals surface area contributed by atoms with E-state index in [1.165, 1.54) is 0 Å². The fourth-order valence-corrected chi connectivity index (χ4v) is 0.909. The molecule has 3 N–H and O–H groups in total. The van der Waals surface area contributed by atoms with Crippen molar-refractivity contribution >= 4 is 0 Å². The molecule has 2 nitrogen and oxygen atoms in total. The molecule has 0 aromatic heterocycles. The van der Waals surface area contributed by atoms with Crippen LogP contribution in [0.4, 0.5) is 0 Å². The molecule has 1 saturated heterocycles. The molecule has 0 unspecified atom stereocenters. The number of nitrogens with two attached hydrogens (primary N) is 1. The second kappa shape index (κ2) is 4.52. The molecule has 0 radical (unpaired) electrons. The topological polar surface area (TPSA) is 36.8 Å². The molecule has 0 spiro atoms. The number of halogens is 1. The molecule has 0 bridgehead atoms. The Morgan fingerprint density at radius 2 is 1.75 bits per heavy atom. The normalized spacial score (nSPS) is 22.1. The molecule has 1 rings (SSSR count). The average molecular weight is 229 g/mol. The minimum atomic E-state index is 0. The van der Waals surface area contributed by atoms with Crippen LogP contribution in [0.2, 0.25) is 0 Å². The molecule has 0 aromatic carbocycles. The lowest BCUT2D eigenvalue weighted by Crippen LogP contribution is -3.00. The number of hydrogen-bond donors (Lipinski definition) is 2. The maximum absolute atomic E-state index is 8.89. The van der Waals surface area contributed by atoms with E-state index in [9.17, 15) is 0 Å². The Morgan fingerprint density at radius 3 is 2.00 bits per heavy atom. The van der Waals surface area contributed by atoms with Crippen molar-refractivity contribution in [3.63, 3.8) is 0 Å². The first kappa shape index (κ1) is 8.65. The minimum absolute atomic E-state index is 0. The fourth-order valence-electron chi connectivity index (χ4n) is 0.909. The molecule has 1 aliphatic rings. The van der Waals surface area contributed by atoms with Crippen LogP contribution >= 0.6 is 0 Å². The summed E-state index contributed by atoms with van der Waals surface area (Å²) in [6.45, 7) is 2.22. The first-order chi connectivity index (χ1) is 3.39. The number of quaternary nitrogens is 1. The maximum Gasteiger partial charge on any atom is 0.0780 e. The highest BCUT2D eigenvalue weighted by Crippen LogP contribution is 1.94. The summed E-state index contributed by atoms with van der Waals surface area (Å²) in [5, 5.41) is 11.1. The van der Waals surface area contributed by atoms with Crippen molar-refractivity contribution < 1.29 is 34.4 Å². The Balaban J connectivity index is 0.000000490. The van der Waals surface area contributed by atoms with E-state index in [2.05, 4.69) is 5.32 Å². The monoisotopic (exact) mass is 229 g/mol. The number of hydrogen-bond acceptors (Lipinski definition) is 1. The van der Waals surface area contributed by atoms with Crippen molar-refractivity contribution in [1.82, 2.24) is 0 Å². The Labute approximate surface area is 66.7 Å². The van der Waals surface area contributed by atoms with E-state index in [-0.39, 0.29) is 30.1 Å². The van der Waals surface area contributed by atoms with Gasteiger partial charge in [-0.3, -0.25) is 0 Å². The van der Waals surface area contributed by atoms with Gasteiger partial charge in [-0.2, -0.15) is 0 Å². The number of piperidine rings is 1. The van der Waals surface area contributed by atoms with Crippen molar-refractivity contribution in [3.8, 4) is 0 Å². The van der Waals surface area contributed by atoms with E-state index >= 15 is 0 Å². The number of aliphatic hydroxyl groups excluding tert-OH is 1. The summed E-state index contributed by atoms with van der Waals surface area (Å²) in [4.78, 5) is 0. The molecular formula is C5H12INO. The van der Waals surface area contributed by atoms with Crippen molar-refractivity contribution in [3.05, 3.63) is 0 Å². The summed E-state index contributed by atoms with van der Waals surface area (Å²) in [6, 6.07) is 0. The van der Waals surface area contributed by atoms with Crippen molar-refractivity contribution in [2.75, 3.05) is 13.1 Å². The van der Waals surface area contributed by atoms with Crippen LogP contribution in [-0.4, -0.2) is 24.3 Å². The van der Waals surface area contributed by atoms with Crippen LogP contribution in [-0.2, 0) is 0 Å². The van der Waals surface area contributed by atoms with Gasteiger partial charge in [-0.15, -0.1) is 0 Å². The summed E-state index contributed by atoms with van der Waals surface area (Å²) >= 11 is 0. The summed E-state index contributed by atoms with van der Waals surface area (Å²) < 4.78 is 0. The van der Waals surface area contributed by atoms with E-state index in [0.29, 0.717) is 0 Å². The molecule has 1 aliphatic heterocycles. The van der Waals surface area contributed by atoms with Gasteiger partial charge in [0.1, 0.15) is 0 Å². The van der Waals surface area contributed by atoms with Gasteiger partial charge in [0, 0.05) is 12.8 Å². The summed E-state index contributed by atoms with van der Waals surface area (Å²) in [5.74, 6) is 0. The molecule has 0 saturated carbocycles. The van der Waals surface area contributed by atoms with Crippen molar-refractivity contribution in [2.45, 2.75) is 18.9 Å². The Kier molecular flexibility index (Phi) is 4.89. The Bertz CT molecular complexity index is 54.4. The van der Waals surface area contributed by atoms with Gasteiger partial charge in [0.05, 0.1) is 19.2 Å². The highest BCUT2D eigenvalue weighted by Gasteiger charge is 2.10. The second-order valence-corrected chi connectivity index (χ2v) is 2.10. The van der Waals surface area contributed by atoms with Crippen LogP contribution in [0.5, 0.6) is 0 Å². The van der Waals surface area contributed by atoms with E-state index in [4.69, 9.17) is 5.11 Å². The largest absolute Gasteiger partial charge is 1.00 e. The van der Waals surface area contributed by atoms with Gasteiger partial charge < -0.3 is 34.4 Å². The molecule has 0 amide bonds. The zero-order valence-corrected chi connectivity index (χ0v) is 6.97. The van der Waals surface area contributed by atoms with Crippen LogP contribution in [0, 0.1) is 0 Å². The van der Waals surface area contributed by atoms with Gasteiger partial charge in [-0.05, 0) is 0 Å². The maximum atomic E-state index is 8.89. The molecule has 3 heteroatoms. The standard InChI is InChI=1S/C5H11NO.HI/c7-5-1-3-6-4-2-5;/h5-7H,1-4H2;1H. The molecule has 8 heavy (non-hydrogen) atoms. The smallest absolute Gasteiger partial charge is 0.0780 e. The third kappa shape index (κ3) is 2.84. The zero-order chi connectivity index (χ0) is 5.11. The highest BCUT2D eigenvalue weighted by molar-refractivity contribution is 4.54. The van der Waals surface area contributed by atoms with Crippen LogP contribution in [0.25, 0.3) is 0 Å². The Hall–Kier alpha value is 0.650. The number of aliphatic hydroxyl groups is 1. The van der Waals surface area contributed by atoms with Crippen LogP contribution < -0.4 is 29.3 Å². The fraction of sp³-hybridized carbons (Fsp3) is 1.00. The van der Waals surface area contributed by atoms with Gasteiger partial charge in [-0.1, -0.05) is 0 Å². The summed E-state index contributed by atoms with van der Waals surface area (Å²) in [6.07, 6.45) is 1.98. The molecular weight excluding hydrogens is 217 g/mol. The van der Waals surface area contributed by atoms with E-state index < -0.39 is 0 Å². The second-order valence-electron chi connectivity index (χ2n) is 2.10. The van der Waals surface area contributed by atoms with E-state index in [1.54, 1.807) is 0 Å². The molecule has 1 heterocycles. The lowest BCUT2D eigenvalue weighted by atomic mass is 10.1. The summed E-state index contributed by atoms with van der Waals surface area (Å²) in [5.41, 5.74) is 0. The average Bonchev–Trinajstić information content (AvgIpc) is 1.69. The van der Waals surface area contributed by atoms with Crippen LogP contribution in [0.1, 0.15) is 12.8 Å². The van der Waals surface area contributed by atoms with Gasteiger partial charge in [0.2, 0.25) is 0 Å².